The van der Waals surface area contributed by atoms with Gasteiger partial charge in [-0.3, -0.25) is 14.2 Å². The number of phosphoric acid groups is 1. The molecule has 0 amide bonds. The summed E-state index contributed by atoms with van der Waals surface area (Å²) in [6.07, 6.45) is 25.0. The fourth-order valence-electron chi connectivity index (χ4n) is 8.84. The van der Waals surface area contributed by atoms with Gasteiger partial charge in [0.15, 0.2) is 11.8 Å². The molecule has 360 valence electrons. The van der Waals surface area contributed by atoms with Gasteiger partial charge in [0.25, 0.3) is 7.82 Å². The SMILES string of the molecule is CCCCCCCCCCCCCCCC(=O)OCC(COP(=O)([O-])OCC[N+](C)(C)C)OC(=O)CCCCCCCCCCC1=C2C(C)=CC(C)=[N+]2[B-](F)(F)n2c(C)cc(C)c21. The van der Waals surface area contributed by atoms with Gasteiger partial charge in [0, 0.05) is 42.7 Å². The van der Waals surface area contributed by atoms with E-state index >= 15 is 8.63 Å². The van der Waals surface area contributed by atoms with Crippen LogP contribution in [-0.2, 0) is 32.7 Å². The van der Waals surface area contributed by atoms with Gasteiger partial charge in [-0.2, -0.15) is 0 Å². The highest BCUT2D eigenvalue weighted by molar-refractivity contribution is 7.45. The average molecular weight is 910 g/mol. The molecule has 1 aromatic rings. The van der Waals surface area contributed by atoms with E-state index < -0.39 is 39.4 Å². The fraction of sp³-hybridized carbons (Fsp3) is 0.771. The number of aromatic nitrogens is 1. The summed E-state index contributed by atoms with van der Waals surface area (Å²) in [6, 6.07) is 1.87. The van der Waals surface area contributed by atoms with E-state index in [0.29, 0.717) is 46.7 Å². The van der Waals surface area contributed by atoms with Crippen molar-refractivity contribution in [2.45, 2.75) is 195 Å². The van der Waals surface area contributed by atoms with E-state index in [4.69, 9.17) is 18.5 Å². The molecule has 0 bridgehead atoms. The molecule has 0 fully saturated rings. The fourth-order valence-corrected chi connectivity index (χ4v) is 9.57. The number of nitrogens with zero attached hydrogens (tertiary/aromatic N) is 3. The number of carbonyl (C=O) groups is 2. The van der Waals surface area contributed by atoms with E-state index in [1.165, 1.54) is 66.8 Å². The topological polar surface area (TPSA) is 119 Å². The summed E-state index contributed by atoms with van der Waals surface area (Å²) in [5.74, 6) is -0.919. The van der Waals surface area contributed by atoms with E-state index in [2.05, 4.69) is 6.92 Å². The van der Waals surface area contributed by atoms with Crippen molar-refractivity contribution in [3.8, 4) is 0 Å². The molecule has 0 aromatic carbocycles. The standard InChI is InChI=1S/C48H83BF2N3O8P/c1-9-10-11-12-13-14-15-16-17-18-22-25-28-31-45(55)59-37-43(38-61-63(57,58)60-34-33-54(6,7)8)62-46(56)32-29-26-23-20-19-21-24-27-30-44-47-39(2)35-41(4)52(47)49(50,51)53-42(5)36-40(3)48(44)53/h35-36,43H,9-34,37-38H2,1-8H3. The smallest absolute Gasteiger partial charge is 0.737 e. The Morgan fingerprint density at radius 2 is 1.27 bits per heavy atom. The Balaban J connectivity index is 1.34. The van der Waals surface area contributed by atoms with Gasteiger partial charge in [0.1, 0.15) is 25.5 Å². The van der Waals surface area contributed by atoms with Crippen molar-refractivity contribution in [2.24, 2.45) is 0 Å². The zero-order valence-electron chi connectivity index (χ0n) is 40.4. The predicted octanol–water partition coefficient (Wildman–Crippen LogP) is 11.5. The van der Waals surface area contributed by atoms with Gasteiger partial charge in [-0.25, -0.2) is 0 Å². The van der Waals surface area contributed by atoms with Gasteiger partial charge in [-0.1, -0.05) is 122 Å². The van der Waals surface area contributed by atoms with Gasteiger partial charge in [-0.15, -0.1) is 0 Å². The van der Waals surface area contributed by atoms with Crippen molar-refractivity contribution in [1.82, 2.24) is 4.48 Å². The van der Waals surface area contributed by atoms with Crippen molar-refractivity contribution >= 4 is 38.0 Å². The van der Waals surface area contributed by atoms with Crippen LogP contribution in [0.25, 0.3) is 5.57 Å². The molecule has 0 saturated carbocycles. The lowest BCUT2D eigenvalue weighted by Gasteiger charge is -2.34. The van der Waals surface area contributed by atoms with Crippen molar-refractivity contribution < 1.29 is 55.2 Å². The summed E-state index contributed by atoms with van der Waals surface area (Å²) in [5.41, 5.74) is 5.32. The first-order chi connectivity index (χ1) is 29.9. The van der Waals surface area contributed by atoms with E-state index in [1.54, 1.807) is 13.8 Å². The second-order valence-electron chi connectivity index (χ2n) is 19.1. The number of rotatable bonds is 35. The van der Waals surface area contributed by atoms with Gasteiger partial charge in [-0.05, 0) is 63.8 Å². The molecular weight excluding hydrogens is 826 g/mol. The number of ether oxygens (including phenoxy) is 2. The summed E-state index contributed by atoms with van der Waals surface area (Å²) >= 11 is 0. The van der Waals surface area contributed by atoms with Crippen LogP contribution in [0.5, 0.6) is 0 Å². The molecule has 0 spiro atoms. The minimum Gasteiger partial charge on any atom is -0.756 e. The third kappa shape index (κ3) is 19.4. The minimum absolute atomic E-state index is 0.0595. The first kappa shape index (κ1) is 54.7. The molecule has 1 aromatic heterocycles. The second kappa shape index (κ2) is 27.8. The molecule has 0 aliphatic carbocycles. The Bertz CT molecular complexity index is 1740. The molecule has 0 N–H and O–H groups in total. The molecule has 63 heavy (non-hydrogen) atoms. The summed E-state index contributed by atoms with van der Waals surface area (Å²) in [4.78, 5) is 37.9. The monoisotopic (exact) mass is 910 g/mol. The molecule has 11 nitrogen and oxygen atoms in total. The molecule has 3 heterocycles. The maximum absolute atomic E-state index is 15.8. The van der Waals surface area contributed by atoms with E-state index in [1.807, 2.05) is 47.1 Å². The number of likely N-dealkylation sites (N-methyl/N-ethyl adjacent to an activating group) is 1. The molecule has 2 unspecified atom stereocenters. The molecule has 2 aliphatic heterocycles. The Morgan fingerprint density at radius 1 is 0.762 bits per heavy atom. The molecule has 15 heteroatoms. The van der Waals surface area contributed by atoms with Gasteiger partial charge < -0.3 is 45.5 Å². The Hall–Kier alpha value is -2.64. The number of fused-ring (bicyclic) bond motifs is 2. The lowest BCUT2D eigenvalue weighted by Crippen LogP contribution is -2.51. The number of esters is 2. The van der Waals surface area contributed by atoms with Gasteiger partial charge in [0.2, 0.25) is 0 Å². The predicted molar refractivity (Wildman–Crippen MR) is 249 cm³/mol. The summed E-state index contributed by atoms with van der Waals surface area (Å²) < 4.78 is 68.2. The number of allylic oxidation sites excluding steroid dienone is 3. The third-order valence-electron chi connectivity index (χ3n) is 12.2. The van der Waals surface area contributed by atoms with Crippen LogP contribution < -0.4 is 4.89 Å². The largest absolute Gasteiger partial charge is 0.756 e. The highest BCUT2D eigenvalue weighted by Crippen LogP contribution is 2.43. The van der Waals surface area contributed by atoms with E-state index in [0.717, 1.165) is 87.3 Å². The third-order valence-corrected chi connectivity index (χ3v) is 13.2. The highest BCUT2D eigenvalue weighted by atomic mass is 31.2. The molecule has 3 rings (SSSR count). The van der Waals surface area contributed by atoms with E-state index in [-0.39, 0.29) is 26.1 Å². The molecular formula is C48H83BF2N3O8P. The lowest BCUT2D eigenvalue weighted by molar-refractivity contribution is -0.870. The van der Waals surface area contributed by atoms with E-state index in [9.17, 15) is 19.0 Å². The van der Waals surface area contributed by atoms with Gasteiger partial charge >= 0.3 is 18.9 Å². The minimum atomic E-state index is -4.67. The molecule has 2 aliphatic rings. The van der Waals surface area contributed by atoms with Crippen molar-refractivity contribution in [1.29, 1.82) is 0 Å². The molecule has 0 radical (unpaired) electrons. The maximum atomic E-state index is 15.8. The van der Waals surface area contributed by atoms with Crippen LogP contribution in [0, 0.1) is 13.8 Å². The second-order valence-corrected chi connectivity index (χ2v) is 20.6. The van der Waals surface area contributed by atoms with Crippen LogP contribution in [0.1, 0.15) is 192 Å². The number of aryl methyl sites for hydroxylation is 2. The molecule has 0 saturated heterocycles. The Kier molecular flexibility index (Phi) is 24.1. The van der Waals surface area contributed by atoms with Crippen LogP contribution >= 0.6 is 7.82 Å². The quantitative estimate of drug-likeness (QED) is 0.0217. The maximum Gasteiger partial charge on any atom is 0.737 e. The number of quaternary nitrogens is 1. The number of carbonyl (C=O) groups excluding carboxylic acids is 2. The van der Waals surface area contributed by atoms with Crippen molar-refractivity contribution in [3.63, 3.8) is 0 Å². The first-order valence-corrected chi connectivity index (χ1v) is 25.9. The first-order valence-electron chi connectivity index (χ1n) is 24.4. The number of phosphoric ester groups is 1. The summed E-state index contributed by atoms with van der Waals surface area (Å²) in [7, 11) is 1.07. The number of unbranched alkanes of at least 4 members (excludes halogenated alkanes) is 19. The van der Waals surface area contributed by atoms with Crippen molar-refractivity contribution in [2.75, 3.05) is 47.5 Å². The normalized spacial score (nSPS) is 16.2. The highest BCUT2D eigenvalue weighted by Gasteiger charge is 2.54. The lowest BCUT2D eigenvalue weighted by atomic mass is 9.84. The summed E-state index contributed by atoms with van der Waals surface area (Å²) in [6.45, 7) is 5.25. The van der Waals surface area contributed by atoms with Crippen LogP contribution in [0.15, 0.2) is 23.4 Å². The average Bonchev–Trinajstić information content (AvgIpc) is 3.69. The van der Waals surface area contributed by atoms with Crippen LogP contribution in [-0.4, -0.2) is 91.7 Å². The number of hydrogen-bond acceptors (Lipinski definition) is 8. The van der Waals surface area contributed by atoms with Crippen LogP contribution in [0.2, 0.25) is 0 Å². The Labute approximate surface area is 379 Å². The van der Waals surface area contributed by atoms with Crippen molar-refractivity contribution in [3.05, 3.63) is 40.4 Å². The van der Waals surface area contributed by atoms with Crippen LogP contribution in [0.4, 0.5) is 8.63 Å². The zero-order chi connectivity index (χ0) is 46.5. The number of hydrogen-bond donors (Lipinski definition) is 0. The molecule has 2 atom stereocenters. The Morgan fingerprint density at radius 3 is 1.81 bits per heavy atom. The van der Waals surface area contributed by atoms with Gasteiger partial charge in [0.05, 0.1) is 27.7 Å². The number of halogens is 2. The van der Waals surface area contributed by atoms with Crippen LogP contribution in [0.3, 0.4) is 0 Å². The zero-order valence-corrected chi connectivity index (χ0v) is 41.3. The summed E-state index contributed by atoms with van der Waals surface area (Å²) in [5, 5.41) is 0.